The number of benzene rings is 2. The van der Waals surface area contributed by atoms with Gasteiger partial charge >= 0.3 is 0 Å². The summed E-state index contributed by atoms with van der Waals surface area (Å²) in [5.74, 6) is 0.663. The minimum Gasteiger partial charge on any atom is -0.419 e. The van der Waals surface area contributed by atoms with Crippen LogP contribution in [0.15, 0.2) is 70.2 Å². The van der Waals surface area contributed by atoms with Crippen molar-refractivity contribution in [1.82, 2.24) is 15.1 Å². The highest BCUT2D eigenvalue weighted by molar-refractivity contribution is 5.92. The summed E-state index contributed by atoms with van der Waals surface area (Å²) in [5, 5.41) is 12.2. The van der Waals surface area contributed by atoms with Gasteiger partial charge in [-0.15, -0.1) is 10.2 Å². The van der Waals surface area contributed by atoms with Gasteiger partial charge in [0.25, 0.3) is 5.91 Å². The summed E-state index contributed by atoms with van der Waals surface area (Å²) < 4.78 is 5.68. The minimum absolute atomic E-state index is 0.150. The molecule has 1 unspecified atom stereocenters. The third kappa shape index (κ3) is 4.68. The van der Waals surface area contributed by atoms with Crippen molar-refractivity contribution in [3.63, 3.8) is 0 Å². The maximum absolute atomic E-state index is 12.7. The molecule has 2 heterocycles. The van der Waals surface area contributed by atoms with Crippen molar-refractivity contribution in [3.8, 4) is 11.5 Å². The Bertz CT molecular complexity index is 986. The summed E-state index contributed by atoms with van der Waals surface area (Å²) in [6.45, 7) is 0.220. The van der Waals surface area contributed by atoms with E-state index in [4.69, 9.17) is 9.25 Å². The molecule has 0 aliphatic carbocycles. The lowest BCUT2D eigenvalue weighted by Crippen LogP contribution is -2.36. The summed E-state index contributed by atoms with van der Waals surface area (Å²) in [5.41, 5.74) is 2.99. The molecule has 0 radical (unpaired) electrons. The van der Waals surface area contributed by atoms with E-state index >= 15 is 0 Å². The van der Waals surface area contributed by atoms with Crippen LogP contribution in [-0.4, -0.2) is 39.9 Å². The number of oxime groups is 1. The second-order valence-corrected chi connectivity index (χ2v) is 7.00. The van der Waals surface area contributed by atoms with Gasteiger partial charge in [-0.3, -0.25) is 4.79 Å². The normalized spacial score (nSPS) is 15.6. The molecular formula is C22H22N4O3. The zero-order chi connectivity index (χ0) is 20.1. The number of likely N-dealkylation sites (N-methyl/N-ethyl adjacent to an activating group) is 1. The van der Waals surface area contributed by atoms with Gasteiger partial charge < -0.3 is 14.2 Å². The molecule has 29 heavy (non-hydrogen) atoms. The molecule has 0 bridgehead atoms. The molecular weight excluding hydrogens is 368 g/mol. The molecule has 1 amide bonds. The molecule has 4 rings (SSSR count). The number of hydrogen-bond donors (Lipinski definition) is 0. The predicted molar refractivity (Wildman–Crippen MR) is 108 cm³/mol. The average Bonchev–Trinajstić information content (AvgIpc) is 3.43. The first-order chi connectivity index (χ1) is 14.2. The average molecular weight is 390 g/mol. The third-order valence-corrected chi connectivity index (χ3v) is 4.79. The fourth-order valence-corrected chi connectivity index (χ4v) is 3.18. The Balaban J connectivity index is 1.28. The van der Waals surface area contributed by atoms with Gasteiger partial charge in [-0.1, -0.05) is 53.7 Å². The Labute approximate surface area is 169 Å². The first-order valence-corrected chi connectivity index (χ1v) is 9.57. The van der Waals surface area contributed by atoms with Gasteiger partial charge in [-0.25, -0.2) is 0 Å². The van der Waals surface area contributed by atoms with Gasteiger partial charge in [0, 0.05) is 19.0 Å². The molecule has 0 saturated heterocycles. The van der Waals surface area contributed by atoms with Crippen LogP contribution >= 0.6 is 0 Å². The minimum atomic E-state index is -0.595. The van der Waals surface area contributed by atoms with Crippen molar-refractivity contribution in [2.75, 3.05) is 7.05 Å². The first-order valence-electron chi connectivity index (χ1n) is 9.57. The molecule has 7 nitrogen and oxygen atoms in total. The number of carbonyl (C=O) groups excluding carboxylic acids is 1. The van der Waals surface area contributed by atoms with E-state index in [0.717, 1.165) is 24.1 Å². The molecule has 2 aromatic carbocycles. The van der Waals surface area contributed by atoms with E-state index in [9.17, 15) is 4.79 Å². The molecule has 0 fully saturated rings. The standard InChI is InChI=1S/C22H22N4O3/c1-26(15-20-23-24-21(28-20)17-10-6-3-7-11-17)22(27)19-14-18(25-29-19)13-12-16-8-4-2-5-9-16/h2-11,19H,12-15H2,1H3. The highest BCUT2D eigenvalue weighted by atomic mass is 16.6. The van der Waals surface area contributed by atoms with Gasteiger partial charge in [-0.05, 0) is 30.5 Å². The smallest absolute Gasteiger partial charge is 0.267 e. The zero-order valence-corrected chi connectivity index (χ0v) is 16.2. The summed E-state index contributed by atoms with van der Waals surface area (Å²) in [6.07, 6.45) is 1.57. The molecule has 7 heteroatoms. The Morgan fingerprint density at radius 2 is 1.76 bits per heavy atom. The Morgan fingerprint density at radius 1 is 1.03 bits per heavy atom. The molecule has 1 aliphatic rings. The van der Waals surface area contributed by atoms with Crippen LogP contribution < -0.4 is 0 Å². The van der Waals surface area contributed by atoms with Crippen molar-refractivity contribution in [3.05, 3.63) is 72.1 Å². The molecule has 0 saturated carbocycles. The van der Waals surface area contributed by atoms with Crippen molar-refractivity contribution < 1.29 is 14.0 Å². The van der Waals surface area contributed by atoms with Crippen LogP contribution in [0.2, 0.25) is 0 Å². The second kappa shape index (κ2) is 8.68. The monoisotopic (exact) mass is 390 g/mol. The number of carbonyl (C=O) groups is 1. The quantitative estimate of drug-likeness (QED) is 0.617. The molecule has 1 aromatic heterocycles. The zero-order valence-electron chi connectivity index (χ0n) is 16.2. The van der Waals surface area contributed by atoms with Crippen molar-refractivity contribution in [2.24, 2.45) is 5.16 Å². The van der Waals surface area contributed by atoms with Crippen LogP contribution in [0.4, 0.5) is 0 Å². The number of nitrogens with zero attached hydrogens (tertiary/aromatic N) is 4. The lowest BCUT2D eigenvalue weighted by molar-refractivity contribution is -0.141. The summed E-state index contributed by atoms with van der Waals surface area (Å²) in [4.78, 5) is 19.6. The van der Waals surface area contributed by atoms with E-state index in [0.29, 0.717) is 18.2 Å². The van der Waals surface area contributed by atoms with Gasteiger partial charge in [0.15, 0.2) is 0 Å². The van der Waals surface area contributed by atoms with E-state index in [2.05, 4.69) is 27.5 Å². The molecule has 0 spiro atoms. The van der Waals surface area contributed by atoms with Crippen LogP contribution in [0.3, 0.4) is 0 Å². The van der Waals surface area contributed by atoms with Crippen LogP contribution in [0.5, 0.6) is 0 Å². The number of amides is 1. The first kappa shape index (κ1) is 18.9. The van der Waals surface area contributed by atoms with E-state index in [1.165, 1.54) is 10.5 Å². The molecule has 1 atom stereocenters. The van der Waals surface area contributed by atoms with E-state index in [1.807, 2.05) is 48.5 Å². The van der Waals surface area contributed by atoms with Gasteiger partial charge in [0.1, 0.15) is 0 Å². The van der Waals surface area contributed by atoms with E-state index in [1.54, 1.807) is 7.05 Å². The topological polar surface area (TPSA) is 80.8 Å². The summed E-state index contributed by atoms with van der Waals surface area (Å²) >= 11 is 0. The van der Waals surface area contributed by atoms with Gasteiger partial charge in [-0.2, -0.15) is 0 Å². The number of hydrogen-bond acceptors (Lipinski definition) is 6. The SMILES string of the molecule is CN(Cc1nnc(-c2ccccc2)o1)C(=O)C1CC(CCc2ccccc2)=NO1. The third-order valence-electron chi connectivity index (χ3n) is 4.79. The van der Waals surface area contributed by atoms with Crippen molar-refractivity contribution in [2.45, 2.75) is 31.9 Å². The molecule has 148 valence electrons. The Morgan fingerprint density at radius 3 is 2.52 bits per heavy atom. The lowest BCUT2D eigenvalue weighted by Gasteiger charge is -2.17. The number of aromatic nitrogens is 2. The molecule has 1 aliphatic heterocycles. The van der Waals surface area contributed by atoms with Crippen LogP contribution in [-0.2, 0) is 22.6 Å². The van der Waals surface area contributed by atoms with E-state index < -0.39 is 6.10 Å². The van der Waals surface area contributed by atoms with Crippen LogP contribution in [0.25, 0.3) is 11.5 Å². The maximum atomic E-state index is 12.7. The summed E-state index contributed by atoms with van der Waals surface area (Å²) in [6, 6.07) is 19.7. The number of rotatable bonds is 7. The second-order valence-electron chi connectivity index (χ2n) is 7.00. The van der Waals surface area contributed by atoms with Crippen molar-refractivity contribution >= 4 is 11.6 Å². The molecule has 3 aromatic rings. The fourth-order valence-electron chi connectivity index (χ4n) is 3.18. The molecule has 0 N–H and O–H groups in total. The maximum Gasteiger partial charge on any atom is 0.267 e. The lowest BCUT2D eigenvalue weighted by atomic mass is 10.0. The van der Waals surface area contributed by atoms with Crippen molar-refractivity contribution in [1.29, 1.82) is 0 Å². The largest absolute Gasteiger partial charge is 0.419 e. The van der Waals surface area contributed by atoms with Crippen LogP contribution in [0, 0.1) is 0 Å². The highest BCUT2D eigenvalue weighted by Gasteiger charge is 2.31. The predicted octanol–water partition coefficient (Wildman–Crippen LogP) is 3.47. The fraction of sp³-hybridized carbons (Fsp3) is 0.273. The van der Waals surface area contributed by atoms with Gasteiger partial charge in [0.05, 0.1) is 12.3 Å². The highest BCUT2D eigenvalue weighted by Crippen LogP contribution is 2.20. The Kier molecular flexibility index (Phi) is 5.65. The van der Waals surface area contributed by atoms with Crippen LogP contribution in [0.1, 0.15) is 24.3 Å². The number of aryl methyl sites for hydroxylation is 1. The van der Waals surface area contributed by atoms with E-state index in [-0.39, 0.29) is 12.5 Å². The Hall–Kier alpha value is -3.48. The van der Waals surface area contributed by atoms with Gasteiger partial charge in [0.2, 0.25) is 17.9 Å². The summed E-state index contributed by atoms with van der Waals surface area (Å²) in [7, 11) is 1.69.